The smallest absolute Gasteiger partial charge is 0.326 e. The molecule has 3 heterocycles. The van der Waals surface area contributed by atoms with Crippen LogP contribution in [-0.4, -0.2) is 38.4 Å². The number of halogens is 1. The molecular formula is C23H21ClN4O2. The van der Waals surface area contributed by atoms with E-state index in [0.29, 0.717) is 24.5 Å². The van der Waals surface area contributed by atoms with Crippen LogP contribution in [0.4, 0.5) is 0 Å². The van der Waals surface area contributed by atoms with Crippen molar-refractivity contribution in [3.63, 3.8) is 0 Å². The molecular weight excluding hydrogens is 400 g/mol. The first-order valence-electron chi connectivity index (χ1n) is 10.1. The number of nitrogens with zero attached hydrogens (tertiary/aromatic N) is 3. The third-order valence-electron chi connectivity index (χ3n) is 5.88. The van der Waals surface area contributed by atoms with Gasteiger partial charge in [0.1, 0.15) is 0 Å². The number of carbonyl (C=O) groups is 1. The van der Waals surface area contributed by atoms with Gasteiger partial charge in [0.25, 0.3) is 0 Å². The van der Waals surface area contributed by atoms with E-state index >= 15 is 0 Å². The number of fused-ring (bicyclic) bond motifs is 2. The molecule has 0 atom stereocenters. The summed E-state index contributed by atoms with van der Waals surface area (Å²) in [6.45, 7) is 1.29. The number of hydrogen-bond donors (Lipinski definition) is 1. The maximum absolute atomic E-state index is 12.8. The Labute approximate surface area is 178 Å². The monoisotopic (exact) mass is 420 g/mol. The van der Waals surface area contributed by atoms with Crippen molar-refractivity contribution in [3.8, 4) is 0 Å². The second-order valence-electron chi connectivity index (χ2n) is 7.78. The predicted octanol–water partition coefficient (Wildman–Crippen LogP) is 3.94. The van der Waals surface area contributed by atoms with Crippen LogP contribution in [0.5, 0.6) is 0 Å². The van der Waals surface area contributed by atoms with E-state index < -0.39 is 0 Å². The maximum atomic E-state index is 12.8. The Morgan fingerprint density at radius 3 is 2.80 bits per heavy atom. The summed E-state index contributed by atoms with van der Waals surface area (Å²) in [5.74, 6) is 0.120. The van der Waals surface area contributed by atoms with Crippen LogP contribution in [0.3, 0.4) is 0 Å². The summed E-state index contributed by atoms with van der Waals surface area (Å²) >= 11 is 6.04. The molecule has 1 fully saturated rings. The maximum Gasteiger partial charge on any atom is 0.326 e. The summed E-state index contributed by atoms with van der Waals surface area (Å²) in [7, 11) is 0. The van der Waals surface area contributed by atoms with Crippen molar-refractivity contribution in [1.82, 2.24) is 19.4 Å². The molecule has 30 heavy (non-hydrogen) atoms. The molecule has 0 aliphatic carbocycles. The van der Waals surface area contributed by atoms with Crippen LogP contribution in [-0.2, 0) is 11.2 Å². The molecule has 1 aliphatic rings. The van der Waals surface area contributed by atoms with E-state index in [-0.39, 0.29) is 17.6 Å². The lowest BCUT2D eigenvalue weighted by molar-refractivity contribution is -0.131. The molecule has 7 heteroatoms. The number of amides is 1. The van der Waals surface area contributed by atoms with Gasteiger partial charge in [-0.3, -0.25) is 14.3 Å². The summed E-state index contributed by atoms with van der Waals surface area (Å²) in [6.07, 6.45) is 3.65. The van der Waals surface area contributed by atoms with Crippen molar-refractivity contribution >= 4 is 39.4 Å². The Morgan fingerprint density at radius 1 is 1.13 bits per heavy atom. The Bertz CT molecular complexity index is 1300. The largest absolute Gasteiger partial charge is 0.342 e. The fraction of sp³-hybridized carbons (Fsp3) is 0.261. The van der Waals surface area contributed by atoms with Crippen molar-refractivity contribution in [2.45, 2.75) is 25.3 Å². The first kappa shape index (κ1) is 18.9. The van der Waals surface area contributed by atoms with Crippen LogP contribution in [0.2, 0.25) is 5.02 Å². The van der Waals surface area contributed by atoms with Gasteiger partial charge in [-0.15, -0.1) is 0 Å². The number of aromatic nitrogens is 3. The molecule has 1 N–H and O–H groups in total. The van der Waals surface area contributed by atoms with Gasteiger partial charge in [-0.25, -0.2) is 4.79 Å². The summed E-state index contributed by atoms with van der Waals surface area (Å²) in [4.78, 5) is 34.4. The van der Waals surface area contributed by atoms with Crippen LogP contribution in [0, 0.1) is 0 Å². The number of benzene rings is 2. The number of carbonyl (C=O) groups excluding carboxylic acids is 1. The van der Waals surface area contributed by atoms with Gasteiger partial charge in [0, 0.05) is 35.7 Å². The number of rotatable bonds is 3. The number of H-pyrrole nitrogens is 1. The zero-order chi connectivity index (χ0) is 20.7. The normalized spacial score (nSPS) is 15.2. The molecule has 6 nitrogen and oxygen atoms in total. The van der Waals surface area contributed by atoms with Crippen molar-refractivity contribution in [3.05, 3.63) is 75.8 Å². The molecule has 0 spiro atoms. The summed E-state index contributed by atoms with van der Waals surface area (Å²) in [6, 6.07) is 15.4. The van der Waals surface area contributed by atoms with Gasteiger partial charge in [0.15, 0.2) is 0 Å². The van der Waals surface area contributed by atoms with Crippen LogP contribution in [0.25, 0.3) is 21.9 Å². The number of likely N-dealkylation sites (tertiary alicyclic amines) is 1. The third kappa shape index (κ3) is 3.48. The van der Waals surface area contributed by atoms with E-state index in [1.54, 1.807) is 18.3 Å². The molecule has 2 aromatic carbocycles. The second kappa shape index (κ2) is 7.61. The van der Waals surface area contributed by atoms with Crippen LogP contribution < -0.4 is 5.69 Å². The highest BCUT2D eigenvalue weighted by molar-refractivity contribution is 6.31. The number of pyridine rings is 1. The van der Waals surface area contributed by atoms with Gasteiger partial charge in [-0.1, -0.05) is 23.7 Å². The molecule has 2 aromatic heterocycles. The van der Waals surface area contributed by atoms with Gasteiger partial charge in [0.05, 0.1) is 23.0 Å². The lowest BCUT2D eigenvalue weighted by atomic mass is 10.0. The summed E-state index contributed by atoms with van der Waals surface area (Å²) in [5, 5.41) is 1.64. The minimum atomic E-state index is -0.123. The average molecular weight is 421 g/mol. The molecule has 4 aromatic rings. The predicted molar refractivity (Wildman–Crippen MR) is 118 cm³/mol. The highest BCUT2D eigenvalue weighted by Crippen LogP contribution is 2.26. The van der Waals surface area contributed by atoms with Crippen molar-refractivity contribution in [2.75, 3.05) is 13.1 Å². The summed E-state index contributed by atoms with van der Waals surface area (Å²) in [5.41, 5.74) is 3.41. The zero-order valence-corrected chi connectivity index (χ0v) is 17.1. The van der Waals surface area contributed by atoms with Crippen LogP contribution in [0.15, 0.2) is 59.5 Å². The Morgan fingerprint density at radius 2 is 1.97 bits per heavy atom. The highest BCUT2D eigenvalue weighted by Gasteiger charge is 2.26. The number of aromatic amines is 1. The lowest BCUT2D eigenvalue weighted by Gasteiger charge is -2.32. The molecule has 0 bridgehead atoms. The lowest BCUT2D eigenvalue weighted by Crippen LogP contribution is -2.41. The molecule has 0 unspecified atom stereocenters. The highest BCUT2D eigenvalue weighted by atomic mass is 35.5. The molecule has 0 radical (unpaired) electrons. The number of hydrogen-bond acceptors (Lipinski definition) is 3. The first-order chi connectivity index (χ1) is 14.6. The molecule has 1 aliphatic heterocycles. The minimum Gasteiger partial charge on any atom is -0.342 e. The molecule has 0 saturated carbocycles. The second-order valence-corrected chi connectivity index (χ2v) is 8.22. The van der Waals surface area contributed by atoms with E-state index in [1.807, 2.05) is 45.9 Å². The van der Waals surface area contributed by atoms with Crippen molar-refractivity contribution in [2.24, 2.45) is 0 Å². The first-order valence-corrected chi connectivity index (χ1v) is 10.5. The van der Waals surface area contributed by atoms with E-state index in [0.717, 1.165) is 40.3 Å². The number of nitrogens with one attached hydrogen (secondary N) is 1. The number of imidazole rings is 1. The SMILES string of the molecule is O=C(Cc1ccc2ncccc2c1)N1CCC(n2c(=O)[nH]c3cc(Cl)ccc32)CC1. The van der Waals surface area contributed by atoms with Gasteiger partial charge in [0.2, 0.25) is 5.91 Å². The fourth-order valence-electron chi connectivity index (χ4n) is 4.36. The van der Waals surface area contributed by atoms with Crippen LogP contribution >= 0.6 is 11.6 Å². The molecule has 1 amide bonds. The van der Waals surface area contributed by atoms with E-state index in [1.165, 1.54) is 0 Å². The van der Waals surface area contributed by atoms with Crippen molar-refractivity contribution in [1.29, 1.82) is 0 Å². The Kier molecular flexibility index (Phi) is 4.79. The Hall–Kier alpha value is -3.12. The van der Waals surface area contributed by atoms with Crippen LogP contribution in [0.1, 0.15) is 24.4 Å². The van der Waals surface area contributed by atoms with Gasteiger partial charge in [-0.05, 0) is 54.8 Å². The number of piperidine rings is 1. The van der Waals surface area contributed by atoms with Gasteiger partial charge in [-0.2, -0.15) is 0 Å². The zero-order valence-electron chi connectivity index (χ0n) is 16.3. The minimum absolute atomic E-state index is 0.0724. The topological polar surface area (TPSA) is 71.0 Å². The fourth-order valence-corrected chi connectivity index (χ4v) is 4.53. The van der Waals surface area contributed by atoms with Crippen molar-refractivity contribution < 1.29 is 4.79 Å². The van der Waals surface area contributed by atoms with Gasteiger partial charge >= 0.3 is 5.69 Å². The Balaban J connectivity index is 1.28. The third-order valence-corrected chi connectivity index (χ3v) is 6.12. The molecule has 1 saturated heterocycles. The van der Waals surface area contributed by atoms with Gasteiger partial charge < -0.3 is 9.88 Å². The standard InChI is InChI=1S/C23H21ClN4O2/c24-17-4-6-21-20(14-17)26-23(30)28(21)18-7-10-27(11-8-18)22(29)13-15-3-5-19-16(12-15)2-1-9-25-19/h1-6,9,12,14,18H,7-8,10-11,13H2,(H,26,30). The average Bonchev–Trinajstić information content (AvgIpc) is 3.08. The quantitative estimate of drug-likeness (QED) is 0.545. The van der Waals surface area contributed by atoms with E-state index in [2.05, 4.69) is 9.97 Å². The summed E-state index contributed by atoms with van der Waals surface area (Å²) < 4.78 is 1.81. The van der Waals surface area contributed by atoms with E-state index in [9.17, 15) is 9.59 Å². The van der Waals surface area contributed by atoms with E-state index in [4.69, 9.17) is 11.6 Å². The molecule has 152 valence electrons. The molecule has 5 rings (SSSR count).